The van der Waals surface area contributed by atoms with E-state index in [1.54, 1.807) is 0 Å². The molecular formula is C20H23N3O. The molecule has 0 spiro atoms. The molecule has 4 nitrogen and oxygen atoms in total. The minimum Gasteiger partial charge on any atom is -0.465 e. The van der Waals surface area contributed by atoms with Crippen LogP contribution >= 0.6 is 0 Å². The number of furan rings is 1. The quantitative estimate of drug-likeness (QED) is 0.772. The summed E-state index contributed by atoms with van der Waals surface area (Å²) in [5.74, 6) is 1.96. The molecule has 0 bridgehead atoms. The van der Waals surface area contributed by atoms with Crippen LogP contribution in [0.4, 0.5) is 0 Å². The van der Waals surface area contributed by atoms with Gasteiger partial charge in [-0.25, -0.2) is 0 Å². The fraction of sp³-hybridized carbons (Fsp3) is 0.350. The molecule has 3 aromatic rings. The van der Waals surface area contributed by atoms with Crippen LogP contribution in [-0.4, -0.2) is 9.78 Å². The Balaban J connectivity index is 1.49. The lowest BCUT2D eigenvalue weighted by Gasteiger charge is -2.24. The van der Waals surface area contributed by atoms with Crippen molar-refractivity contribution in [3.05, 3.63) is 77.0 Å². The van der Waals surface area contributed by atoms with Gasteiger partial charge in [0.15, 0.2) is 0 Å². The first kappa shape index (κ1) is 15.2. The molecule has 1 aliphatic carbocycles. The fourth-order valence-electron chi connectivity index (χ4n) is 3.53. The van der Waals surface area contributed by atoms with Crippen LogP contribution < -0.4 is 5.32 Å². The predicted octanol–water partition coefficient (Wildman–Crippen LogP) is 4.00. The van der Waals surface area contributed by atoms with Crippen molar-refractivity contribution >= 4 is 0 Å². The highest BCUT2D eigenvalue weighted by Gasteiger charge is 2.24. The van der Waals surface area contributed by atoms with Crippen molar-refractivity contribution in [2.45, 2.75) is 45.3 Å². The first-order valence-electron chi connectivity index (χ1n) is 8.67. The minimum atomic E-state index is 0.365. The van der Waals surface area contributed by atoms with Crippen LogP contribution in [0.15, 0.2) is 53.1 Å². The summed E-state index contributed by atoms with van der Waals surface area (Å²) in [6.07, 6.45) is 5.51. The van der Waals surface area contributed by atoms with Crippen LogP contribution in [0.5, 0.6) is 0 Å². The molecule has 0 unspecified atom stereocenters. The molecule has 24 heavy (non-hydrogen) atoms. The largest absolute Gasteiger partial charge is 0.465 e. The maximum atomic E-state index is 5.66. The molecule has 1 aliphatic rings. The number of aryl methyl sites for hydroxylation is 1. The first-order chi connectivity index (χ1) is 11.8. The van der Waals surface area contributed by atoms with Gasteiger partial charge in [0.2, 0.25) is 0 Å². The second-order valence-corrected chi connectivity index (χ2v) is 6.53. The van der Waals surface area contributed by atoms with Crippen molar-refractivity contribution < 1.29 is 4.42 Å². The van der Waals surface area contributed by atoms with Gasteiger partial charge in [-0.1, -0.05) is 30.3 Å². The summed E-state index contributed by atoms with van der Waals surface area (Å²) >= 11 is 0. The van der Waals surface area contributed by atoms with Crippen LogP contribution in [0, 0.1) is 6.92 Å². The molecule has 1 atom stereocenters. The fourth-order valence-corrected chi connectivity index (χ4v) is 3.53. The van der Waals surface area contributed by atoms with Crippen molar-refractivity contribution in [2.24, 2.45) is 0 Å². The average molecular weight is 321 g/mol. The Kier molecular flexibility index (Phi) is 4.22. The van der Waals surface area contributed by atoms with Gasteiger partial charge < -0.3 is 9.73 Å². The van der Waals surface area contributed by atoms with Gasteiger partial charge in [0.1, 0.15) is 11.5 Å². The minimum absolute atomic E-state index is 0.365. The summed E-state index contributed by atoms with van der Waals surface area (Å²) in [4.78, 5) is 0. The Labute approximate surface area is 142 Å². The molecule has 0 radical (unpaired) electrons. The average Bonchev–Trinajstić information content (AvgIpc) is 3.21. The normalized spacial score (nSPS) is 17.0. The van der Waals surface area contributed by atoms with Gasteiger partial charge in [0.05, 0.1) is 19.3 Å². The summed E-state index contributed by atoms with van der Waals surface area (Å²) in [6, 6.07) is 15.0. The zero-order chi connectivity index (χ0) is 16.4. The lowest BCUT2D eigenvalue weighted by Crippen LogP contribution is -2.25. The van der Waals surface area contributed by atoms with Crippen LogP contribution in [0.1, 0.15) is 47.2 Å². The zero-order valence-electron chi connectivity index (χ0n) is 14.0. The molecule has 2 aromatic heterocycles. The van der Waals surface area contributed by atoms with Gasteiger partial charge in [0, 0.05) is 17.3 Å². The third kappa shape index (κ3) is 3.15. The van der Waals surface area contributed by atoms with E-state index in [2.05, 4.69) is 45.4 Å². The number of nitrogens with one attached hydrogen (secondary N) is 1. The molecular weight excluding hydrogens is 298 g/mol. The zero-order valence-corrected chi connectivity index (χ0v) is 14.0. The first-order valence-corrected chi connectivity index (χ1v) is 8.67. The van der Waals surface area contributed by atoms with E-state index in [9.17, 15) is 0 Å². The molecule has 4 rings (SSSR count). The smallest absolute Gasteiger partial charge is 0.117 e. The number of nitrogens with zero attached hydrogens (tertiary/aromatic N) is 2. The van der Waals surface area contributed by atoms with Gasteiger partial charge in [-0.2, -0.15) is 5.10 Å². The summed E-state index contributed by atoms with van der Waals surface area (Å²) in [6.45, 7) is 3.60. The maximum absolute atomic E-state index is 5.66. The Hall–Kier alpha value is -2.33. The lowest BCUT2D eigenvalue weighted by molar-refractivity contribution is 0.406. The molecule has 0 amide bonds. The predicted molar refractivity (Wildman–Crippen MR) is 93.7 cm³/mol. The molecule has 4 heteroatoms. The third-order valence-corrected chi connectivity index (χ3v) is 4.76. The number of hydrogen-bond acceptors (Lipinski definition) is 3. The van der Waals surface area contributed by atoms with Gasteiger partial charge >= 0.3 is 0 Å². The van der Waals surface area contributed by atoms with Crippen LogP contribution in [0.25, 0.3) is 0 Å². The number of aromatic nitrogens is 2. The van der Waals surface area contributed by atoms with Gasteiger partial charge in [0.25, 0.3) is 0 Å². The highest BCUT2D eigenvalue weighted by Crippen LogP contribution is 2.30. The van der Waals surface area contributed by atoms with Crippen LogP contribution in [-0.2, 0) is 19.5 Å². The van der Waals surface area contributed by atoms with E-state index >= 15 is 0 Å². The second kappa shape index (κ2) is 6.65. The summed E-state index contributed by atoms with van der Waals surface area (Å²) in [5, 5.41) is 8.29. The number of fused-ring (bicyclic) bond motifs is 1. The lowest BCUT2D eigenvalue weighted by atomic mass is 9.93. The van der Waals surface area contributed by atoms with E-state index in [4.69, 9.17) is 4.42 Å². The Bertz CT molecular complexity index is 803. The molecule has 0 saturated carbocycles. The Morgan fingerprint density at radius 1 is 1.21 bits per heavy atom. The second-order valence-electron chi connectivity index (χ2n) is 6.53. The van der Waals surface area contributed by atoms with Gasteiger partial charge in [-0.15, -0.1) is 0 Å². The highest BCUT2D eigenvalue weighted by atomic mass is 16.3. The van der Waals surface area contributed by atoms with E-state index in [1.165, 1.54) is 23.2 Å². The highest BCUT2D eigenvalue weighted by molar-refractivity contribution is 5.26. The van der Waals surface area contributed by atoms with Crippen LogP contribution in [0.3, 0.4) is 0 Å². The Morgan fingerprint density at radius 3 is 2.88 bits per heavy atom. The number of rotatable bonds is 5. The van der Waals surface area contributed by atoms with E-state index in [0.717, 1.165) is 37.5 Å². The topological polar surface area (TPSA) is 43.0 Å². The van der Waals surface area contributed by atoms with Crippen molar-refractivity contribution in [3.63, 3.8) is 0 Å². The molecule has 0 aliphatic heterocycles. The molecule has 0 saturated heterocycles. The summed E-state index contributed by atoms with van der Waals surface area (Å²) in [5.41, 5.74) is 4.02. The SMILES string of the molecule is Cc1ccc(CN[C@@H]2CCCc3c2cnn3Cc2ccccc2)o1. The van der Waals surface area contributed by atoms with Crippen molar-refractivity contribution in [1.82, 2.24) is 15.1 Å². The van der Waals surface area contributed by atoms with E-state index < -0.39 is 0 Å². The summed E-state index contributed by atoms with van der Waals surface area (Å²) in [7, 11) is 0. The summed E-state index contributed by atoms with van der Waals surface area (Å²) < 4.78 is 7.83. The van der Waals surface area contributed by atoms with Gasteiger partial charge in [-0.3, -0.25) is 4.68 Å². The standard InChI is InChI=1S/C20H23N3O/c1-15-10-11-17(24-15)12-21-19-8-5-9-20-18(19)13-22-23(20)14-16-6-3-2-4-7-16/h2-4,6-7,10-11,13,19,21H,5,8-9,12,14H2,1H3/t19-/m1/s1. The molecule has 124 valence electrons. The van der Waals surface area contributed by atoms with E-state index in [0.29, 0.717) is 6.04 Å². The number of benzene rings is 1. The molecule has 2 heterocycles. The van der Waals surface area contributed by atoms with Gasteiger partial charge in [-0.05, 0) is 43.9 Å². The number of hydrogen-bond donors (Lipinski definition) is 1. The molecule has 1 N–H and O–H groups in total. The van der Waals surface area contributed by atoms with Crippen molar-refractivity contribution in [3.8, 4) is 0 Å². The molecule has 1 aromatic carbocycles. The Morgan fingerprint density at radius 2 is 2.08 bits per heavy atom. The van der Waals surface area contributed by atoms with Crippen LogP contribution in [0.2, 0.25) is 0 Å². The van der Waals surface area contributed by atoms with E-state index in [-0.39, 0.29) is 0 Å². The molecule has 0 fully saturated rings. The monoisotopic (exact) mass is 321 g/mol. The third-order valence-electron chi connectivity index (χ3n) is 4.76. The van der Waals surface area contributed by atoms with Crippen molar-refractivity contribution in [1.29, 1.82) is 0 Å². The van der Waals surface area contributed by atoms with E-state index in [1.807, 2.05) is 25.3 Å². The van der Waals surface area contributed by atoms with Crippen molar-refractivity contribution in [2.75, 3.05) is 0 Å². The maximum Gasteiger partial charge on any atom is 0.117 e.